The lowest BCUT2D eigenvalue weighted by Gasteiger charge is -2.29. The number of aryl methyl sites for hydroxylation is 1. The van der Waals surface area contributed by atoms with Gasteiger partial charge in [-0.05, 0) is 32.6 Å². The Bertz CT molecular complexity index is 402. The van der Waals surface area contributed by atoms with Gasteiger partial charge in [-0.15, -0.1) is 0 Å². The van der Waals surface area contributed by atoms with Crippen LogP contribution < -0.4 is 0 Å². The number of rotatable bonds is 5. The molecule has 2 heteroatoms. The Kier molecular flexibility index (Phi) is 5.15. The SMILES string of the molecule is CCOC(C(=O)c1ccc(C)cc1)C1CCCCC1. The third-order valence-electron chi connectivity index (χ3n) is 4.02. The molecular weight excluding hydrogens is 236 g/mol. The fourth-order valence-electron chi connectivity index (χ4n) is 2.92. The van der Waals surface area contributed by atoms with Crippen LogP contribution >= 0.6 is 0 Å². The second kappa shape index (κ2) is 6.85. The zero-order valence-electron chi connectivity index (χ0n) is 12.0. The average molecular weight is 260 g/mol. The van der Waals surface area contributed by atoms with E-state index >= 15 is 0 Å². The van der Waals surface area contributed by atoms with Crippen molar-refractivity contribution in [2.24, 2.45) is 5.92 Å². The van der Waals surface area contributed by atoms with Crippen molar-refractivity contribution < 1.29 is 9.53 Å². The molecular formula is C17H24O2. The molecule has 0 saturated heterocycles. The van der Waals surface area contributed by atoms with Crippen LogP contribution in [0.2, 0.25) is 0 Å². The number of carbonyl (C=O) groups is 1. The summed E-state index contributed by atoms with van der Waals surface area (Å²) in [5.74, 6) is 0.566. The molecule has 1 aromatic rings. The minimum absolute atomic E-state index is 0.161. The predicted molar refractivity (Wildman–Crippen MR) is 77.5 cm³/mol. The highest BCUT2D eigenvalue weighted by Crippen LogP contribution is 2.29. The van der Waals surface area contributed by atoms with E-state index in [2.05, 4.69) is 0 Å². The first-order chi connectivity index (χ1) is 9.22. The van der Waals surface area contributed by atoms with Gasteiger partial charge in [0.05, 0.1) is 0 Å². The van der Waals surface area contributed by atoms with Crippen molar-refractivity contribution in [2.45, 2.75) is 52.1 Å². The molecule has 1 unspecified atom stereocenters. The van der Waals surface area contributed by atoms with Gasteiger partial charge in [0.1, 0.15) is 6.10 Å². The van der Waals surface area contributed by atoms with Gasteiger partial charge < -0.3 is 4.74 Å². The molecule has 1 aromatic carbocycles. The summed E-state index contributed by atoms with van der Waals surface area (Å²) < 4.78 is 5.78. The third-order valence-corrected chi connectivity index (χ3v) is 4.02. The van der Waals surface area contributed by atoms with Gasteiger partial charge in [0.15, 0.2) is 5.78 Å². The first kappa shape index (κ1) is 14.3. The molecule has 0 heterocycles. The Morgan fingerprint density at radius 1 is 1.21 bits per heavy atom. The largest absolute Gasteiger partial charge is 0.370 e. The third kappa shape index (κ3) is 3.66. The second-order valence-corrected chi connectivity index (χ2v) is 5.50. The number of hydrogen-bond donors (Lipinski definition) is 0. The number of hydrogen-bond acceptors (Lipinski definition) is 2. The van der Waals surface area contributed by atoms with E-state index in [4.69, 9.17) is 4.74 Å². The lowest BCUT2D eigenvalue weighted by molar-refractivity contribution is 0.0127. The number of carbonyl (C=O) groups excluding carboxylic acids is 1. The molecule has 0 amide bonds. The van der Waals surface area contributed by atoms with Gasteiger partial charge in [0.2, 0.25) is 0 Å². The van der Waals surface area contributed by atoms with Crippen molar-refractivity contribution in [1.29, 1.82) is 0 Å². The standard InChI is InChI=1S/C17H24O2/c1-3-19-17(15-7-5-4-6-8-15)16(18)14-11-9-13(2)10-12-14/h9-12,15,17H,3-8H2,1-2H3. The zero-order chi connectivity index (χ0) is 13.7. The number of ether oxygens (including phenoxy) is 1. The highest BCUT2D eigenvalue weighted by atomic mass is 16.5. The predicted octanol–water partition coefficient (Wildman–Crippen LogP) is 4.16. The van der Waals surface area contributed by atoms with E-state index in [1.807, 2.05) is 38.1 Å². The maximum Gasteiger partial charge on any atom is 0.191 e. The van der Waals surface area contributed by atoms with E-state index in [1.54, 1.807) is 0 Å². The smallest absolute Gasteiger partial charge is 0.191 e. The van der Waals surface area contributed by atoms with E-state index in [0.29, 0.717) is 12.5 Å². The summed E-state index contributed by atoms with van der Waals surface area (Å²) in [5.41, 5.74) is 1.97. The first-order valence-electron chi connectivity index (χ1n) is 7.45. The molecule has 2 rings (SSSR count). The van der Waals surface area contributed by atoms with Gasteiger partial charge in [-0.1, -0.05) is 49.1 Å². The van der Waals surface area contributed by atoms with Gasteiger partial charge in [-0.2, -0.15) is 0 Å². The van der Waals surface area contributed by atoms with Crippen LogP contribution in [0.3, 0.4) is 0 Å². The van der Waals surface area contributed by atoms with Gasteiger partial charge in [0.25, 0.3) is 0 Å². The average Bonchev–Trinajstić information content (AvgIpc) is 2.46. The molecule has 0 spiro atoms. The van der Waals surface area contributed by atoms with Crippen molar-refractivity contribution in [2.75, 3.05) is 6.61 Å². The topological polar surface area (TPSA) is 26.3 Å². The summed E-state index contributed by atoms with van der Waals surface area (Å²) in [6.07, 6.45) is 5.77. The molecule has 0 aromatic heterocycles. The molecule has 0 N–H and O–H groups in total. The van der Waals surface area contributed by atoms with Crippen molar-refractivity contribution >= 4 is 5.78 Å². The van der Waals surface area contributed by atoms with Crippen molar-refractivity contribution in [1.82, 2.24) is 0 Å². The molecule has 2 nitrogen and oxygen atoms in total. The molecule has 19 heavy (non-hydrogen) atoms. The van der Waals surface area contributed by atoms with Crippen LogP contribution in [0.25, 0.3) is 0 Å². The first-order valence-corrected chi connectivity index (χ1v) is 7.45. The lowest BCUT2D eigenvalue weighted by Crippen LogP contribution is -2.34. The van der Waals surface area contributed by atoms with Gasteiger partial charge in [-0.25, -0.2) is 0 Å². The van der Waals surface area contributed by atoms with Crippen LogP contribution in [0, 0.1) is 12.8 Å². The summed E-state index contributed by atoms with van der Waals surface area (Å²) in [4.78, 5) is 12.6. The Morgan fingerprint density at radius 2 is 1.84 bits per heavy atom. The van der Waals surface area contributed by atoms with Crippen molar-refractivity contribution in [3.8, 4) is 0 Å². The molecule has 1 atom stereocenters. The van der Waals surface area contributed by atoms with Crippen molar-refractivity contribution in [3.63, 3.8) is 0 Å². The van der Waals surface area contributed by atoms with Gasteiger partial charge in [-0.3, -0.25) is 4.79 Å². The Balaban J connectivity index is 2.13. The van der Waals surface area contributed by atoms with Crippen LogP contribution in [-0.2, 0) is 4.74 Å². The summed E-state index contributed by atoms with van der Waals surface area (Å²) in [6, 6.07) is 7.84. The Labute approximate surface area is 116 Å². The molecule has 0 aliphatic heterocycles. The summed E-state index contributed by atoms with van der Waals surface area (Å²) >= 11 is 0. The molecule has 1 saturated carbocycles. The number of Topliss-reactive ketones (excluding diaryl/α,β-unsaturated/α-hetero) is 1. The molecule has 0 bridgehead atoms. The number of benzene rings is 1. The van der Waals surface area contributed by atoms with Gasteiger partial charge in [0, 0.05) is 12.2 Å². The van der Waals surface area contributed by atoms with E-state index in [-0.39, 0.29) is 11.9 Å². The molecule has 0 radical (unpaired) electrons. The highest BCUT2D eigenvalue weighted by molar-refractivity contribution is 5.99. The van der Waals surface area contributed by atoms with E-state index in [9.17, 15) is 4.79 Å². The van der Waals surface area contributed by atoms with E-state index in [0.717, 1.165) is 18.4 Å². The minimum atomic E-state index is -0.243. The van der Waals surface area contributed by atoms with Gasteiger partial charge >= 0.3 is 0 Å². The molecule has 1 aliphatic carbocycles. The van der Waals surface area contributed by atoms with Crippen LogP contribution in [0.15, 0.2) is 24.3 Å². The Hall–Kier alpha value is -1.15. The highest BCUT2D eigenvalue weighted by Gasteiger charge is 2.30. The van der Waals surface area contributed by atoms with Crippen LogP contribution in [0.5, 0.6) is 0 Å². The van der Waals surface area contributed by atoms with Crippen LogP contribution in [-0.4, -0.2) is 18.5 Å². The fourth-order valence-corrected chi connectivity index (χ4v) is 2.92. The zero-order valence-corrected chi connectivity index (χ0v) is 12.0. The monoisotopic (exact) mass is 260 g/mol. The molecule has 1 aliphatic rings. The normalized spacial score (nSPS) is 18.2. The van der Waals surface area contributed by atoms with Crippen LogP contribution in [0.1, 0.15) is 54.9 Å². The maximum atomic E-state index is 12.6. The lowest BCUT2D eigenvalue weighted by atomic mass is 9.82. The molecule has 104 valence electrons. The summed E-state index contributed by atoms with van der Waals surface area (Å²) in [5, 5.41) is 0. The quantitative estimate of drug-likeness (QED) is 0.743. The molecule has 1 fully saturated rings. The minimum Gasteiger partial charge on any atom is -0.370 e. The maximum absolute atomic E-state index is 12.6. The van der Waals surface area contributed by atoms with Crippen molar-refractivity contribution in [3.05, 3.63) is 35.4 Å². The fraction of sp³-hybridized carbons (Fsp3) is 0.588. The Morgan fingerprint density at radius 3 is 2.42 bits per heavy atom. The second-order valence-electron chi connectivity index (χ2n) is 5.50. The van der Waals surface area contributed by atoms with E-state index in [1.165, 1.54) is 24.8 Å². The van der Waals surface area contributed by atoms with E-state index < -0.39 is 0 Å². The summed E-state index contributed by atoms with van der Waals surface area (Å²) in [6.45, 7) is 4.62. The van der Waals surface area contributed by atoms with Crippen LogP contribution in [0.4, 0.5) is 0 Å². The number of ketones is 1. The summed E-state index contributed by atoms with van der Waals surface area (Å²) in [7, 11) is 0.